The maximum absolute atomic E-state index is 11.5. The molecule has 0 aromatic heterocycles. The maximum Gasteiger partial charge on any atom is 0.224 e. The number of piperidine rings is 1. The molecule has 0 saturated carbocycles. The number of carbonyl (C=O) groups excluding carboxylic acids is 2. The van der Waals surface area contributed by atoms with Gasteiger partial charge in [0.25, 0.3) is 0 Å². The average Bonchev–Trinajstić information content (AvgIpc) is 2.27. The molecule has 1 aliphatic heterocycles. The number of anilines is 1. The Morgan fingerprint density at radius 1 is 1.24 bits per heavy atom. The molecule has 1 heterocycles. The topological polar surface area (TPSA) is 72.2 Å². The van der Waals surface area contributed by atoms with Crippen molar-refractivity contribution in [2.75, 3.05) is 12.3 Å². The van der Waals surface area contributed by atoms with Crippen LogP contribution in [0.2, 0.25) is 0 Å². The molecule has 1 aromatic carbocycles. The first kappa shape index (κ1) is 13.6. The predicted molar refractivity (Wildman–Crippen MR) is 71.1 cm³/mol. The van der Waals surface area contributed by atoms with E-state index in [2.05, 4.69) is 5.32 Å². The smallest absolute Gasteiger partial charge is 0.224 e. The molecule has 5 heteroatoms. The van der Waals surface area contributed by atoms with E-state index in [9.17, 15) is 9.59 Å². The van der Waals surface area contributed by atoms with Crippen LogP contribution in [0.3, 0.4) is 0 Å². The van der Waals surface area contributed by atoms with Crippen LogP contribution in [0.25, 0.3) is 0 Å². The molecule has 0 spiro atoms. The molecule has 0 unspecified atom stereocenters. The number of hydrogen-bond acceptors (Lipinski definition) is 3. The first-order chi connectivity index (χ1) is 7.65. The van der Waals surface area contributed by atoms with Crippen LogP contribution in [0.4, 0.5) is 5.69 Å². The minimum absolute atomic E-state index is 0. The van der Waals surface area contributed by atoms with E-state index in [1.807, 2.05) is 12.1 Å². The summed E-state index contributed by atoms with van der Waals surface area (Å²) >= 11 is 0. The quantitative estimate of drug-likeness (QED) is 0.758. The molecule has 1 atom stereocenters. The van der Waals surface area contributed by atoms with Crippen LogP contribution in [0.1, 0.15) is 12.0 Å². The van der Waals surface area contributed by atoms with Gasteiger partial charge in [0.15, 0.2) is 5.78 Å². The van der Waals surface area contributed by atoms with E-state index in [1.165, 1.54) is 0 Å². The molecule has 17 heavy (non-hydrogen) atoms. The highest BCUT2D eigenvalue weighted by Gasteiger charge is 2.26. The normalized spacial score (nSPS) is 19.4. The third kappa shape index (κ3) is 3.49. The number of benzene rings is 1. The summed E-state index contributed by atoms with van der Waals surface area (Å²) < 4.78 is 0. The summed E-state index contributed by atoms with van der Waals surface area (Å²) in [6.45, 7) is 0.178. The summed E-state index contributed by atoms with van der Waals surface area (Å²) in [7, 11) is 0. The van der Waals surface area contributed by atoms with Crippen molar-refractivity contribution in [3.05, 3.63) is 29.8 Å². The van der Waals surface area contributed by atoms with Gasteiger partial charge in [0.2, 0.25) is 5.91 Å². The molecule has 1 amide bonds. The second-order valence-corrected chi connectivity index (χ2v) is 4.10. The van der Waals surface area contributed by atoms with E-state index in [1.54, 1.807) is 12.1 Å². The highest BCUT2D eigenvalue weighted by Crippen LogP contribution is 2.16. The fourth-order valence-corrected chi connectivity index (χ4v) is 1.87. The maximum atomic E-state index is 11.5. The van der Waals surface area contributed by atoms with Crippen LogP contribution in [-0.2, 0) is 16.0 Å². The van der Waals surface area contributed by atoms with Crippen LogP contribution in [0.5, 0.6) is 0 Å². The fraction of sp³-hybridized carbons (Fsp3) is 0.333. The highest BCUT2D eigenvalue weighted by atomic mass is 32.1. The van der Waals surface area contributed by atoms with E-state index >= 15 is 0 Å². The molecule has 3 N–H and O–H groups in total. The molecule has 92 valence electrons. The molecule has 0 radical (unpaired) electrons. The lowest BCUT2D eigenvalue weighted by Crippen LogP contribution is -2.42. The Balaban J connectivity index is 0.00000144. The first-order valence-electron chi connectivity index (χ1n) is 5.29. The van der Waals surface area contributed by atoms with Gasteiger partial charge in [-0.2, -0.15) is 13.5 Å². The van der Waals surface area contributed by atoms with Gasteiger partial charge in [-0.05, 0) is 24.1 Å². The minimum Gasteiger partial charge on any atom is -0.399 e. The Morgan fingerprint density at radius 2 is 1.88 bits per heavy atom. The number of carbonyl (C=O) groups is 2. The first-order valence-corrected chi connectivity index (χ1v) is 5.29. The summed E-state index contributed by atoms with van der Waals surface area (Å²) in [4.78, 5) is 22.8. The average molecular weight is 252 g/mol. The molecule has 0 bridgehead atoms. The summed E-state index contributed by atoms with van der Waals surface area (Å²) in [5.74, 6) is -0.165. The Labute approximate surface area is 107 Å². The Kier molecular flexibility index (Phi) is 4.57. The number of Topliss-reactive ketones (excluding diaryl/α,β-unsaturated/α-hetero) is 1. The van der Waals surface area contributed by atoms with E-state index < -0.39 is 0 Å². The number of amides is 1. The Bertz CT molecular complexity index is 417. The number of nitrogens with one attached hydrogen (secondary N) is 1. The van der Waals surface area contributed by atoms with Gasteiger partial charge in [-0.1, -0.05) is 12.1 Å². The van der Waals surface area contributed by atoms with Crippen LogP contribution >= 0.6 is 13.5 Å². The van der Waals surface area contributed by atoms with E-state index in [0.29, 0.717) is 18.5 Å². The summed E-state index contributed by atoms with van der Waals surface area (Å²) in [5, 5.41) is 2.60. The van der Waals surface area contributed by atoms with E-state index in [-0.39, 0.29) is 37.6 Å². The molecular weight excluding hydrogens is 236 g/mol. The lowest BCUT2D eigenvalue weighted by molar-refractivity contribution is -0.134. The van der Waals surface area contributed by atoms with Gasteiger partial charge in [-0.3, -0.25) is 9.59 Å². The second kappa shape index (κ2) is 5.72. The van der Waals surface area contributed by atoms with Gasteiger partial charge in [-0.15, -0.1) is 0 Å². The van der Waals surface area contributed by atoms with Crippen LogP contribution in [-0.4, -0.2) is 18.2 Å². The van der Waals surface area contributed by atoms with Gasteiger partial charge in [0.1, 0.15) is 0 Å². The Hall–Kier alpha value is -1.49. The third-order valence-electron chi connectivity index (χ3n) is 2.77. The lowest BCUT2D eigenvalue weighted by Gasteiger charge is -2.20. The molecule has 0 aliphatic carbocycles. The summed E-state index contributed by atoms with van der Waals surface area (Å²) in [6.07, 6.45) is 0.939. The number of hydrogen-bond donors (Lipinski definition) is 2. The van der Waals surface area contributed by atoms with E-state index in [4.69, 9.17) is 5.73 Å². The second-order valence-electron chi connectivity index (χ2n) is 4.10. The number of rotatable bonds is 2. The van der Waals surface area contributed by atoms with Crippen LogP contribution < -0.4 is 11.1 Å². The highest BCUT2D eigenvalue weighted by molar-refractivity contribution is 7.59. The fourth-order valence-electron chi connectivity index (χ4n) is 1.87. The molecule has 1 aliphatic rings. The molecule has 1 saturated heterocycles. The summed E-state index contributed by atoms with van der Waals surface area (Å²) in [6, 6.07) is 7.39. The molecule has 4 nitrogen and oxygen atoms in total. The number of nitrogens with two attached hydrogens (primary N) is 1. The van der Waals surface area contributed by atoms with Gasteiger partial charge < -0.3 is 11.1 Å². The van der Waals surface area contributed by atoms with Crippen molar-refractivity contribution in [1.82, 2.24) is 5.32 Å². The minimum atomic E-state index is -0.232. The molecular formula is C12H16N2O2S. The zero-order chi connectivity index (χ0) is 11.5. The van der Waals surface area contributed by atoms with Crippen molar-refractivity contribution in [3.63, 3.8) is 0 Å². The van der Waals surface area contributed by atoms with Gasteiger partial charge in [0.05, 0.1) is 6.54 Å². The SMILES string of the molecule is Nc1ccc(C[C@@H]2CC(=O)CNC2=O)cc1.S. The third-order valence-corrected chi connectivity index (χ3v) is 2.77. The van der Waals surface area contributed by atoms with Crippen molar-refractivity contribution in [2.24, 2.45) is 5.92 Å². The molecule has 1 fully saturated rings. The van der Waals surface area contributed by atoms with Crippen LogP contribution in [0, 0.1) is 5.92 Å². The lowest BCUT2D eigenvalue weighted by atomic mass is 9.91. The van der Waals surface area contributed by atoms with Crippen molar-refractivity contribution < 1.29 is 9.59 Å². The van der Waals surface area contributed by atoms with Crippen molar-refractivity contribution >= 4 is 30.9 Å². The largest absolute Gasteiger partial charge is 0.399 e. The zero-order valence-electron chi connectivity index (χ0n) is 9.40. The zero-order valence-corrected chi connectivity index (χ0v) is 10.4. The molecule has 1 aromatic rings. The van der Waals surface area contributed by atoms with Crippen LogP contribution in [0.15, 0.2) is 24.3 Å². The van der Waals surface area contributed by atoms with Gasteiger partial charge in [0, 0.05) is 18.0 Å². The van der Waals surface area contributed by atoms with Gasteiger partial charge in [-0.25, -0.2) is 0 Å². The Morgan fingerprint density at radius 3 is 2.53 bits per heavy atom. The summed E-state index contributed by atoms with van der Waals surface area (Å²) in [5.41, 5.74) is 7.31. The molecule has 2 rings (SSSR count). The van der Waals surface area contributed by atoms with Gasteiger partial charge >= 0.3 is 0 Å². The monoisotopic (exact) mass is 252 g/mol. The van der Waals surface area contributed by atoms with Crippen molar-refractivity contribution in [2.45, 2.75) is 12.8 Å². The van der Waals surface area contributed by atoms with Crippen molar-refractivity contribution in [1.29, 1.82) is 0 Å². The predicted octanol–water partition coefficient (Wildman–Crippen LogP) is 0.629. The number of nitrogen functional groups attached to an aromatic ring is 1. The van der Waals surface area contributed by atoms with E-state index in [0.717, 1.165) is 5.56 Å². The standard InChI is InChI=1S/C12H14N2O2.H2S/c13-10-3-1-8(2-4-10)5-9-6-11(15)7-14-12(9)16;/h1-4,9H,5-7,13H2,(H,14,16);1H2/t9-;/m1./s1. The van der Waals surface area contributed by atoms with Crippen molar-refractivity contribution in [3.8, 4) is 0 Å². The number of ketones is 1.